The van der Waals surface area contributed by atoms with Crippen molar-refractivity contribution in [3.63, 3.8) is 0 Å². The van der Waals surface area contributed by atoms with Gasteiger partial charge in [-0.2, -0.15) is 13.2 Å². The second-order valence-electron chi connectivity index (χ2n) is 4.60. The van der Waals surface area contributed by atoms with E-state index >= 15 is 0 Å². The van der Waals surface area contributed by atoms with Crippen molar-refractivity contribution in [1.29, 1.82) is 0 Å². The first-order valence-electron chi connectivity index (χ1n) is 6.20. The zero-order valence-electron chi connectivity index (χ0n) is 11.5. The molecule has 0 unspecified atom stereocenters. The van der Waals surface area contributed by atoms with Gasteiger partial charge in [0.1, 0.15) is 5.82 Å². The van der Waals surface area contributed by atoms with Crippen LogP contribution in [0.5, 0.6) is 0 Å². The van der Waals surface area contributed by atoms with Gasteiger partial charge in [0, 0.05) is 17.0 Å². The van der Waals surface area contributed by atoms with Gasteiger partial charge < -0.3 is 5.73 Å². The molecule has 112 valence electrons. The van der Waals surface area contributed by atoms with Gasteiger partial charge in [-0.05, 0) is 31.5 Å². The Morgan fingerprint density at radius 3 is 2.29 bits per heavy atom. The predicted molar refractivity (Wildman–Crippen MR) is 76.9 cm³/mol. The van der Waals surface area contributed by atoms with E-state index in [2.05, 4.69) is 9.97 Å². The fourth-order valence-electron chi connectivity index (χ4n) is 1.79. The first-order chi connectivity index (χ1) is 9.75. The van der Waals surface area contributed by atoms with Crippen LogP contribution in [0, 0.1) is 6.92 Å². The van der Waals surface area contributed by atoms with E-state index in [1.807, 2.05) is 13.8 Å². The van der Waals surface area contributed by atoms with E-state index in [-0.39, 0.29) is 5.25 Å². The van der Waals surface area contributed by atoms with Gasteiger partial charge in [0.05, 0.1) is 5.56 Å². The van der Waals surface area contributed by atoms with E-state index in [0.717, 1.165) is 23.4 Å². The molecular formula is C14H14F3N3S. The van der Waals surface area contributed by atoms with Crippen molar-refractivity contribution in [2.45, 2.75) is 30.4 Å². The molecule has 0 fully saturated rings. The van der Waals surface area contributed by atoms with Gasteiger partial charge in [-0.3, -0.25) is 0 Å². The minimum absolute atomic E-state index is 0.0755. The molecular weight excluding hydrogens is 299 g/mol. The van der Waals surface area contributed by atoms with Gasteiger partial charge in [0.2, 0.25) is 0 Å². The summed E-state index contributed by atoms with van der Waals surface area (Å²) in [6.07, 6.45) is -4.32. The topological polar surface area (TPSA) is 51.8 Å². The summed E-state index contributed by atoms with van der Waals surface area (Å²) in [7, 11) is 0. The highest BCUT2D eigenvalue weighted by molar-refractivity contribution is 7.99. The lowest BCUT2D eigenvalue weighted by molar-refractivity contribution is -0.137. The molecule has 1 heterocycles. The van der Waals surface area contributed by atoms with Crippen molar-refractivity contribution in [2.75, 3.05) is 5.73 Å². The molecule has 7 heteroatoms. The zero-order valence-corrected chi connectivity index (χ0v) is 12.3. The average Bonchev–Trinajstić information content (AvgIpc) is 2.36. The Hall–Kier alpha value is -1.76. The van der Waals surface area contributed by atoms with Gasteiger partial charge in [-0.25, -0.2) is 9.97 Å². The summed E-state index contributed by atoms with van der Waals surface area (Å²) in [5.74, 6) is 0.379. The van der Waals surface area contributed by atoms with Gasteiger partial charge in [0.15, 0.2) is 5.16 Å². The van der Waals surface area contributed by atoms with Crippen LogP contribution >= 0.6 is 11.8 Å². The Morgan fingerprint density at radius 2 is 1.76 bits per heavy atom. The molecule has 0 saturated heterocycles. The zero-order chi connectivity index (χ0) is 15.6. The fraction of sp³-hybridized carbons (Fsp3) is 0.286. The van der Waals surface area contributed by atoms with Crippen molar-refractivity contribution in [1.82, 2.24) is 9.97 Å². The van der Waals surface area contributed by atoms with E-state index in [9.17, 15) is 13.2 Å². The van der Waals surface area contributed by atoms with Crippen LogP contribution in [0.25, 0.3) is 0 Å². The van der Waals surface area contributed by atoms with Crippen LogP contribution in [0.2, 0.25) is 0 Å². The number of nitrogens with two attached hydrogens (primary N) is 1. The lowest BCUT2D eigenvalue weighted by atomic mass is 10.1. The molecule has 2 aromatic rings. The number of aromatic nitrogens is 2. The summed E-state index contributed by atoms with van der Waals surface area (Å²) in [5.41, 5.74) is 6.53. The third kappa shape index (κ3) is 4.10. The molecule has 0 amide bonds. The normalized spacial score (nSPS) is 13.2. The first-order valence-corrected chi connectivity index (χ1v) is 7.08. The number of halogens is 3. The Balaban J connectivity index is 2.15. The summed E-state index contributed by atoms with van der Waals surface area (Å²) in [4.78, 5) is 8.35. The number of anilines is 1. The largest absolute Gasteiger partial charge is 0.416 e. The molecule has 0 aliphatic heterocycles. The maximum Gasteiger partial charge on any atom is 0.416 e. The van der Waals surface area contributed by atoms with Crippen LogP contribution in [0.4, 0.5) is 19.0 Å². The van der Waals surface area contributed by atoms with Gasteiger partial charge >= 0.3 is 6.18 Å². The quantitative estimate of drug-likeness (QED) is 0.680. The number of rotatable bonds is 3. The second-order valence-corrected chi connectivity index (χ2v) is 5.90. The first kappa shape index (κ1) is 15.6. The molecule has 0 radical (unpaired) electrons. The molecule has 0 aliphatic rings. The number of nitrogen functional groups attached to an aromatic ring is 1. The highest BCUT2D eigenvalue weighted by Gasteiger charge is 2.30. The maximum atomic E-state index is 12.5. The number of nitrogens with zero attached hydrogens (tertiary/aromatic N) is 2. The number of thioether (sulfide) groups is 1. The van der Waals surface area contributed by atoms with Crippen molar-refractivity contribution >= 4 is 17.6 Å². The van der Waals surface area contributed by atoms with Crippen LogP contribution < -0.4 is 5.73 Å². The lowest BCUT2D eigenvalue weighted by Gasteiger charge is -2.13. The molecule has 2 rings (SSSR count). The Bertz CT molecular complexity index is 606. The van der Waals surface area contributed by atoms with Gasteiger partial charge in [-0.15, -0.1) is 0 Å². The molecule has 2 N–H and O–H groups in total. The van der Waals surface area contributed by atoms with Crippen LogP contribution in [0.15, 0.2) is 35.5 Å². The molecule has 0 bridgehead atoms. The molecule has 0 aliphatic carbocycles. The van der Waals surface area contributed by atoms with Gasteiger partial charge in [-0.1, -0.05) is 23.9 Å². The van der Waals surface area contributed by atoms with Gasteiger partial charge in [0.25, 0.3) is 0 Å². The number of hydrogen-bond donors (Lipinski definition) is 1. The number of alkyl halides is 3. The van der Waals surface area contributed by atoms with Crippen molar-refractivity contribution in [2.24, 2.45) is 0 Å². The Labute approximate surface area is 124 Å². The Morgan fingerprint density at radius 1 is 1.14 bits per heavy atom. The summed E-state index contributed by atoms with van der Waals surface area (Å²) in [5, 5.41) is 0.438. The highest BCUT2D eigenvalue weighted by Crippen LogP contribution is 2.35. The highest BCUT2D eigenvalue weighted by atomic mass is 32.2. The third-order valence-corrected chi connectivity index (χ3v) is 3.86. The number of aryl methyl sites for hydroxylation is 1. The van der Waals surface area contributed by atoms with E-state index in [0.29, 0.717) is 11.0 Å². The lowest BCUT2D eigenvalue weighted by Crippen LogP contribution is -2.04. The molecule has 1 atom stereocenters. The number of benzene rings is 1. The predicted octanol–water partition coefficient (Wildman–Crippen LogP) is 4.24. The summed E-state index contributed by atoms with van der Waals surface area (Å²) in [6.45, 7) is 3.69. The van der Waals surface area contributed by atoms with Crippen molar-refractivity contribution in [3.8, 4) is 0 Å². The standard InChI is InChI=1S/C14H14F3N3S/c1-8-7-12(18)20-13(19-8)21-9(2)10-3-5-11(6-4-10)14(15,16)17/h3-7,9H,1-2H3,(H2,18,19,20)/t9-/m0/s1. The summed E-state index contributed by atoms with van der Waals surface area (Å²) in [6, 6.07) is 6.77. The van der Waals surface area contributed by atoms with Crippen LogP contribution in [0.3, 0.4) is 0 Å². The monoisotopic (exact) mass is 313 g/mol. The molecule has 1 aromatic carbocycles. The molecule has 0 spiro atoms. The van der Waals surface area contributed by atoms with Crippen LogP contribution in [0.1, 0.15) is 29.0 Å². The molecule has 0 saturated carbocycles. The van der Waals surface area contributed by atoms with Crippen LogP contribution in [-0.4, -0.2) is 9.97 Å². The fourth-order valence-corrected chi connectivity index (χ4v) is 2.75. The minimum atomic E-state index is -4.32. The molecule has 1 aromatic heterocycles. The van der Waals surface area contributed by atoms with Crippen molar-refractivity contribution in [3.05, 3.63) is 47.2 Å². The third-order valence-electron chi connectivity index (χ3n) is 2.84. The SMILES string of the molecule is Cc1cc(N)nc(S[C@@H](C)c2ccc(C(F)(F)F)cc2)n1. The number of hydrogen-bond acceptors (Lipinski definition) is 4. The second kappa shape index (κ2) is 5.93. The van der Waals surface area contributed by atoms with E-state index in [4.69, 9.17) is 5.73 Å². The van der Waals surface area contributed by atoms with E-state index in [1.54, 1.807) is 6.07 Å². The average molecular weight is 313 g/mol. The Kier molecular flexibility index (Phi) is 4.41. The summed E-state index contributed by atoms with van der Waals surface area (Å²) < 4.78 is 37.6. The summed E-state index contributed by atoms with van der Waals surface area (Å²) >= 11 is 1.35. The van der Waals surface area contributed by atoms with E-state index in [1.165, 1.54) is 23.9 Å². The van der Waals surface area contributed by atoms with Crippen molar-refractivity contribution < 1.29 is 13.2 Å². The molecule has 21 heavy (non-hydrogen) atoms. The molecule has 3 nitrogen and oxygen atoms in total. The van der Waals surface area contributed by atoms with E-state index < -0.39 is 11.7 Å². The smallest absolute Gasteiger partial charge is 0.384 e. The minimum Gasteiger partial charge on any atom is -0.384 e. The van der Waals surface area contributed by atoms with Crippen LogP contribution in [-0.2, 0) is 6.18 Å². The maximum absolute atomic E-state index is 12.5.